The second kappa shape index (κ2) is 8.91. The smallest absolute Gasteiger partial charge is 0.416 e. The maximum Gasteiger partial charge on any atom is 0.416 e. The zero-order chi connectivity index (χ0) is 21.9. The molecule has 1 unspecified atom stereocenters. The molecule has 1 aromatic carbocycles. The molecule has 0 radical (unpaired) electrons. The normalized spacial score (nSPS) is 16.3. The number of methoxy groups -OCH3 is 1. The Labute approximate surface area is 172 Å². The lowest BCUT2D eigenvalue weighted by molar-refractivity contribution is -0.137. The van der Waals surface area contributed by atoms with Crippen molar-refractivity contribution >= 4 is 17.3 Å². The SMILES string of the molecule is COCC(C)NC(=O)c1oc2c(c1C)/C(=N/Nc1cccc(C(F)(F)F)c1)CCC2. The van der Waals surface area contributed by atoms with Gasteiger partial charge in [-0.05, 0) is 44.9 Å². The van der Waals surface area contributed by atoms with Crippen LogP contribution in [-0.4, -0.2) is 31.4 Å². The van der Waals surface area contributed by atoms with Gasteiger partial charge in [0.2, 0.25) is 0 Å². The van der Waals surface area contributed by atoms with Crippen LogP contribution in [0.4, 0.5) is 18.9 Å². The Morgan fingerprint density at radius 1 is 1.33 bits per heavy atom. The number of furan rings is 1. The molecule has 0 fully saturated rings. The molecule has 0 saturated carbocycles. The van der Waals surface area contributed by atoms with Crippen LogP contribution in [0.1, 0.15) is 52.8 Å². The number of anilines is 1. The van der Waals surface area contributed by atoms with Crippen LogP contribution in [0.3, 0.4) is 0 Å². The molecule has 0 aliphatic heterocycles. The van der Waals surface area contributed by atoms with Gasteiger partial charge in [0.25, 0.3) is 5.91 Å². The van der Waals surface area contributed by atoms with Crippen molar-refractivity contribution < 1.29 is 27.1 Å². The fraction of sp³-hybridized carbons (Fsp3) is 0.429. The van der Waals surface area contributed by atoms with Crippen molar-refractivity contribution in [2.24, 2.45) is 5.10 Å². The molecule has 1 atom stereocenters. The van der Waals surface area contributed by atoms with Crippen molar-refractivity contribution in [2.45, 2.75) is 45.3 Å². The topological polar surface area (TPSA) is 75.9 Å². The number of halogens is 3. The van der Waals surface area contributed by atoms with E-state index in [1.807, 2.05) is 6.92 Å². The Bertz CT molecular complexity index is 951. The van der Waals surface area contributed by atoms with Gasteiger partial charge in [-0.2, -0.15) is 18.3 Å². The predicted molar refractivity (Wildman–Crippen MR) is 107 cm³/mol. The molecule has 0 spiro atoms. The Morgan fingerprint density at radius 2 is 2.10 bits per heavy atom. The molecule has 1 aliphatic rings. The number of nitrogens with zero attached hydrogens (tertiary/aromatic N) is 1. The number of nitrogens with one attached hydrogen (secondary N) is 2. The third-order valence-electron chi connectivity index (χ3n) is 4.84. The first-order valence-electron chi connectivity index (χ1n) is 9.63. The molecular formula is C21H24F3N3O3. The van der Waals surface area contributed by atoms with Gasteiger partial charge in [-0.25, -0.2) is 0 Å². The molecule has 2 aromatic rings. The summed E-state index contributed by atoms with van der Waals surface area (Å²) in [6.45, 7) is 3.98. The average molecular weight is 423 g/mol. The van der Waals surface area contributed by atoms with Crippen molar-refractivity contribution in [3.8, 4) is 0 Å². The van der Waals surface area contributed by atoms with Crippen LogP contribution in [0.15, 0.2) is 33.8 Å². The number of ether oxygens (including phenoxy) is 1. The molecule has 2 N–H and O–H groups in total. The molecule has 1 heterocycles. The number of hydrogen-bond donors (Lipinski definition) is 2. The number of carbonyl (C=O) groups excluding carboxylic acids is 1. The first-order chi connectivity index (χ1) is 14.2. The molecule has 9 heteroatoms. The van der Waals surface area contributed by atoms with E-state index in [1.54, 1.807) is 14.0 Å². The minimum absolute atomic E-state index is 0.181. The van der Waals surface area contributed by atoms with Crippen molar-refractivity contribution in [3.05, 3.63) is 52.5 Å². The summed E-state index contributed by atoms with van der Waals surface area (Å²) in [5.74, 6) is 0.543. The van der Waals surface area contributed by atoms with E-state index in [1.165, 1.54) is 12.1 Å². The highest BCUT2D eigenvalue weighted by molar-refractivity contribution is 6.06. The van der Waals surface area contributed by atoms with Gasteiger partial charge in [-0.3, -0.25) is 10.2 Å². The van der Waals surface area contributed by atoms with E-state index in [0.717, 1.165) is 24.1 Å². The zero-order valence-corrected chi connectivity index (χ0v) is 17.0. The van der Waals surface area contributed by atoms with Gasteiger partial charge in [0.1, 0.15) is 5.76 Å². The van der Waals surface area contributed by atoms with Crippen molar-refractivity contribution in [1.82, 2.24) is 5.32 Å². The summed E-state index contributed by atoms with van der Waals surface area (Å²) in [7, 11) is 1.56. The second-order valence-corrected chi connectivity index (χ2v) is 7.29. The summed E-state index contributed by atoms with van der Waals surface area (Å²) in [4.78, 5) is 12.6. The predicted octanol–water partition coefficient (Wildman–Crippen LogP) is 4.52. The van der Waals surface area contributed by atoms with Crippen LogP contribution in [0.2, 0.25) is 0 Å². The molecule has 6 nitrogen and oxygen atoms in total. The number of fused-ring (bicyclic) bond motifs is 1. The standard InChI is InChI=1S/C21H24F3N3O3/c1-12(11-29-3)25-20(28)19-13(2)18-16(8-5-9-17(18)30-19)27-26-15-7-4-6-14(10-15)21(22,23)24/h4,6-7,10,12,26H,5,8-9,11H2,1-3H3,(H,25,28)/b27-16+. The molecule has 1 amide bonds. The van der Waals surface area contributed by atoms with Crippen molar-refractivity contribution in [1.29, 1.82) is 0 Å². The lowest BCUT2D eigenvalue weighted by Gasteiger charge is -2.14. The Balaban J connectivity index is 1.84. The maximum atomic E-state index is 12.9. The second-order valence-electron chi connectivity index (χ2n) is 7.29. The largest absolute Gasteiger partial charge is 0.455 e. The van der Waals surface area contributed by atoms with Gasteiger partial charge < -0.3 is 14.5 Å². The van der Waals surface area contributed by atoms with Crippen LogP contribution in [-0.2, 0) is 17.3 Å². The van der Waals surface area contributed by atoms with Gasteiger partial charge in [-0.15, -0.1) is 0 Å². The lowest BCUT2D eigenvalue weighted by atomic mass is 9.93. The van der Waals surface area contributed by atoms with Crippen molar-refractivity contribution in [3.63, 3.8) is 0 Å². The van der Waals surface area contributed by atoms with Crippen LogP contribution in [0.25, 0.3) is 0 Å². The van der Waals surface area contributed by atoms with Gasteiger partial charge in [0.05, 0.1) is 23.6 Å². The highest BCUT2D eigenvalue weighted by Gasteiger charge is 2.31. The number of aryl methyl sites for hydroxylation is 1. The summed E-state index contributed by atoms with van der Waals surface area (Å²) >= 11 is 0. The lowest BCUT2D eigenvalue weighted by Crippen LogP contribution is -2.35. The van der Waals surface area contributed by atoms with Gasteiger partial charge in [0, 0.05) is 30.7 Å². The van der Waals surface area contributed by atoms with Gasteiger partial charge in [0.15, 0.2) is 5.76 Å². The van der Waals surface area contributed by atoms with Crippen LogP contribution in [0, 0.1) is 6.92 Å². The van der Waals surface area contributed by atoms with E-state index < -0.39 is 11.7 Å². The van der Waals surface area contributed by atoms with E-state index in [9.17, 15) is 18.0 Å². The molecule has 1 aromatic heterocycles. The highest BCUT2D eigenvalue weighted by Crippen LogP contribution is 2.32. The zero-order valence-electron chi connectivity index (χ0n) is 17.0. The number of hydrazone groups is 1. The number of alkyl halides is 3. The first kappa shape index (κ1) is 21.9. The fourth-order valence-corrected chi connectivity index (χ4v) is 3.47. The van der Waals surface area contributed by atoms with E-state index in [0.29, 0.717) is 36.5 Å². The highest BCUT2D eigenvalue weighted by atomic mass is 19.4. The number of benzene rings is 1. The molecule has 162 valence electrons. The van der Waals surface area contributed by atoms with Crippen LogP contribution < -0.4 is 10.7 Å². The number of carbonyl (C=O) groups is 1. The van der Waals surface area contributed by atoms with E-state index in [2.05, 4.69) is 15.8 Å². The fourth-order valence-electron chi connectivity index (χ4n) is 3.47. The van der Waals surface area contributed by atoms with Crippen molar-refractivity contribution in [2.75, 3.05) is 19.1 Å². The Hall–Kier alpha value is -2.81. The summed E-state index contributed by atoms with van der Waals surface area (Å²) in [5, 5.41) is 7.15. The Kier molecular flexibility index (Phi) is 6.50. The molecule has 3 rings (SSSR count). The van der Waals surface area contributed by atoms with E-state index >= 15 is 0 Å². The van der Waals surface area contributed by atoms with Gasteiger partial charge >= 0.3 is 6.18 Å². The third-order valence-corrected chi connectivity index (χ3v) is 4.84. The minimum Gasteiger partial charge on any atom is -0.455 e. The van der Waals surface area contributed by atoms with Gasteiger partial charge in [-0.1, -0.05) is 6.07 Å². The molecule has 1 aliphatic carbocycles. The summed E-state index contributed by atoms with van der Waals surface area (Å²) < 4.78 is 49.6. The monoisotopic (exact) mass is 423 g/mol. The van der Waals surface area contributed by atoms with Crippen LogP contribution in [0.5, 0.6) is 0 Å². The summed E-state index contributed by atoms with van der Waals surface area (Å²) in [6, 6.07) is 4.67. The van der Waals surface area contributed by atoms with Crippen LogP contribution >= 0.6 is 0 Å². The summed E-state index contributed by atoms with van der Waals surface area (Å²) in [6.07, 6.45) is -2.36. The van der Waals surface area contributed by atoms with E-state index in [-0.39, 0.29) is 23.4 Å². The first-order valence-corrected chi connectivity index (χ1v) is 9.63. The minimum atomic E-state index is -4.42. The molecule has 0 saturated heterocycles. The van der Waals surface area contributed by atoms with E-state index in [4.69, 9.17) is 9.15 Å². The quantitative estimate of drug-likeness (QED) is 0.670. The molecule has 30 heavy (non-hydrogen) atoms. The number of amides is 1. The maximum absolute atomic E-state index is 12.9. The molecule has 0 bridgehead atoms. The molecular weight excluding hydrogens is 399 g/mol. The average Bonchev–Trinajstić information content (AvgIpc) is 3.03. The number of rotatable bonds is 6. The Morgan fingerprint density at radius 3 is 2.80 bits per heavy atom. The summed E-state index contributed by atoms with van der Waals surface area (Å²) in [5.41, 5.74) is 4.25. The number of hydrogen-bond acceptors (Lipinski definition) is 5. The third kappa shape index (κ3) is 4.84.